The summed E-state index contributed by atoms with van der Waals surface area (Å²) in [6, 6.07) is 0. The number of hydrogen-bond donors (Lipinski definition) is 1. The summed E-state index contributed by atoms with van der Waals surface area (Å²) < 4.78 is 7.21. The third kappa shape index (κ3) is 3.21. The van der Waals surface area contributed by atoms with E-state index in [2.05, 4.69) is 27.6 Å². The second kappa shape index (κ2) is 6.50. The first-order valence-electron chi connectivity index (χ1n) is 5.69. The van der Waals surface area contributed by atoms with Crippen LogP contribution in [-0.4, -0.2) is 43.4 Å². The SMILES string of the molecule is CCc1cn(CCOC)c(N(C)CCN)n1. The van der Waals surface area contributed by atoms with Gasteiger partial charge in [0.15, 0.2) is 0 Å². The lowest BCUT2D eigenvalue weighted by atomic mass is 10.4. The van der Waals surface area contributed by atoms with Crippen LogP contribution in [0.5, 0.6) is 0 Å². The molecule has 92 valence electrons. The van der Waals surface area contributed by atoms with Crippen LogP contribution in [0.25, 0.3) is 0 Å². The van der Waals surface area contributed by atoms with Crippen molar-refractivity contribution in [3.63, 3.8) is 0 Å². The molecule has 1 aromatic heterocycles. The maximum absolute atomic E-state index is 5.55. The van der Waals surface area contributed by atoms with E-state index in [4.69, 9.17) is 10.5 Å². The second-order valence-corrected chi connectivity index (χ2v) is 3.78. The molecule has 1 heterocycles. The van der Waals surface area contributed by atoms with Crippen LogP contribution >= 0.6 is 0 Å². The van der Waals surface area contributed by atoms with Crippen molar-refractivity contribution in [1.29, 1.82) is 0 Å². The fourth-order valence-electron chi connectivity index (χ4n) is 1.58. The van der Waals surface area contributed by atoms with Gasteiger partial charge in [0.05, 0.1) is 12.3 Å². The summed E-state index contributed by atoms with van der Waals surface area (Å²) in [5.41, 5.74) is 6.66. The van der Waals surface area contributed by atoms with Crippen molar-refractivity contribution in [2.45, 2.75) is 19.9 Å². The highest BCUT2D eigenvalue weighted by atomic mass is 16.5. The molecule has 0 aromatic carbocycles. The molecule has 5 nitrogen and oxygen atoms in total. The standard InChI is InChI=1S/C11H22N4O/c1-4-10-9-15(7-8-16-3)11(13-10)14(2)6-5-12/h9H,4-8,12H2,1-3H3. The topological polar surface area (TPSA) is 56.3 Å². The predicted octanol–water partition coefficient (Wildman–Crippen LogP) is 0.487. The molecule has 0 amide bonds. The van der Waals surface area contributed by atoms with Crippen molar-refractivity contribution in [2.75, 3.05) is 38.8 Å². The van der Waals surface area contributed by atoms with Gasteiger partial charge in [-0.15, -0.1) is 0 Å². The normalized spacial score (nSPS) is 10.8. The van der Waals surface area contributed by atoms with Gasteiger partial charge in [0.2, 0.25) is 5.95 Å². The zero-order valence-electron chi connectivity index (χ0n) is 10.4. The first kappa shape index (κ1) is 13.0. The molecule has 0 spiro atoms. The molecular weight excluding hydrogens is 204 g/mol. The molecule has 0 fully saturated rings. The highest BCUT2D eigenvalue weighted by Crippen LogP contribution is 2.13. The maximum Gasteiger partial charge on any atom is 0.205 e. The fourth-order valence-corrected chi connectivity index (χ4v) is 1.58. The van der Waals surface area contributed by atoms with Gasteiger partial charge in [-0.05, 0) is 6.42 Å². The number of methoxy groups -OCH3 is 1. The molecular formula is C11H22N4O. The summed E-state index contributed by atoms with van der Waals surface area (Å²) in [4.78, 5) is 6.66. The fraction of sp³-hybridized carbons (Fsp3) is 0.727. The van der Waals surface area contributed by atoms with Gasteiger partial charge < -0.3 is 19.9 Å². The van der Waals surface area contributed by atoms with Gasteiger partial charge >= 0.3 is 0 Å². The quantitative estimate of drug-likeness (QED) is 0.735. The number of likely N-dealkylation sites (N-methyl/N-ethyl adjacent to an activating group) is 1. The van der Waals surface area contributed by atoms with Crippen LogP contribution in [0.4, 0.5) is 5.95 Å². The number of rotatable bonds is 7. The Bertz CT molecular complexity index is 311. The number of anilines is 1. The molecule has 0 radical (unpaired) electrons. The van der Waals surface area contributed by atoms with Crippen molar-refractivity contribution in [2.24, 2.45) is 5.73 Å². The van der Waals surface area contributed by atoms with Crippen LogP contribution in [0.1, 0.15) is 12.6 Å². The average molecular weight is 226 g/mol. The van der Waals surface area contributed by atoms with Gasteiger partial charge in [0.1, 0.15) is 0 Å². The predicted molar refractivity (Wildman–Crippen MR) is 65.8 cm³/mol. The van der Waals surface area contributed by atoms with E-state index in [0.717, 1.165) is 31.2 Å². The summed E-state index contributed by atoms with van der Waals surface area (Å²) in [5, 5.41) is 0. The van der Waals surface area contributed by atoms with E-state index < -0.39 is 0 Å². The van der Waals surface area contributed by atoms with E-state index in [1.165, 1.54) is 0 Å². The van der Waals surface area contributed by atoms with E-state index in [9.17, 15) is 0 Å². The summed E-state index contributed by atoms with van der Waals surface area (Å²) in [7, 11) is 3.72. The number of nitrogens with two attached hydrogens (primary N) is 1. The van der Waals surface area contributed by atoms with Crippen LogP contribution in [0, 0.1) is 0 Å². The Morgan fingerprint density at radius 2 is 2.31 bits per heavy atom. The lowest BCUT2D eigenvalue weighted by molar-refractivity contribution is 0.187. The number of hydrogen-bond acceptors (Lipinski definition) is 4. The maximum atomic E-state index is 5.55. The molecule has 16 heavy (non-hydrogen) atoms. The number of imidazole rings is 1. The van der Waals surface area contributed by atoms with Crippen molar-refractivity contribution in [3.05, 3.63) is 11.9 Å². The van der Waals surface area contributed by atoms with Gasteiger partial charge in [0, 0.05) is 40.0 Å². The van der Waals surface area contributed by atoms with Gasteiger partial charge in [0.25, 0.3) is 0 Å². The van der Waals surface area contributed by atoms with Crippen molar-refractivity contribution < 1.29 is 4.74 Å². The van der Waals surface area contributed by atoms with E-state index >= 15 is 0 Å². The Kier molecular flexibility index (Phi) is 5.28. The summed E-state index contributed by atoms with van der Waals surface area (Å²) in [6.45, 7) is 5.08. The van der Waals surface area contributed by atoms with Crippen LogP contribution in [0.2, 0.25) is 0 Å². The second-order valence-electron chi connectivity index (χ2n) is 3.78. The lowest BCUT2D eigenvalue weighted by Gasteiger charge is -2.18. The first-order chi connectivity index (χ1) is 7.72. The Hall–Kier alpha value is -1.07. The molecule has 0 aliphatic rings. The van der Waals surface area contributed by atoms with Gasteiger partial charge in [-0.2, -0.15) is 0 Å². The van der Waals surface area contributed by atoms with E-state index in [-0.39, 0.29) is 0 Å². The third-order valence-corrected chi connectivity index (χ3v) is 2.51. The first-order valence-corrected chi connectivity index (χ1v) is 5.69. The third-order valence-electron chi connectivity index (χ3n) is 2.51. The monoisotopic (exact) mass is 226 g/mol. The van der Waals surface area contributed by atoms with Crippen LogP contribution in [-0.2, 0) is 17.7 Å². The minimum Gasteiger partial charge on any atom is -0.383 e. The summed E-state index contributed by atoms with van der Waals surface area (Å²) in [6.07, 6.45) is 3.03. The molecule has 0 aliphatic heterocycles. The van der Waals surface area contributed by atoms with Gasteiger partial charge in [-0.3, -0.25) is 0 Å². The highest BCUT2D eigenvalue weighted by Gasteiger charge is 2.10. The average Bonchev–Trinajstić information content (AvgIpc) is 2.70. The molecule has 0 saturated carbocycles. The molecule has 0 bridgehead atoms. The van der Waals surface area contributed by atoms with E-state index in [0.29, 0.717) is 13.2 Å². The number of ether oxygens (including phenoxy) is 1. The zero-order chi connectivity index (χ0) is 12.0. The lowest BCUT2D eigenvalue weighted by Crippen LogP contribution is -2.28. The highest BCUT2D eigenvalue weighted by molar-refractivity contribution is 5.32. The minimum atomic E-state index is 0.634. The molecule has 0 atom stereocenters. The molecule has 0 saturated heterocycles. The molecule has 5 heteroatoms. The van der Waals surface area contributed by atoms with Gasteiger partial charge in [-0.1, -0.05) is 6.92 Å². The van der Waals surface area contributed by atoms with Crippen LogP contribution < -0.4 is 10.6 Å². The van der Waals surface area contributed by atoms with Crippen molar-refractivity contribution >= 4 is 5.95 Å². The van der Waals surface area contributed by atoms with Crippen molar-refractivity contribution in [1.82, 2.24) is 9.55 Å². The van der Waals surface area contributed by atoms with Gasteiger partial charge in [-0.25, -0.2) is 4.98 Å². The van der Waals surface area contributed by atoms with E-state index in [1.807, 2.05) is 7.05 Å². The van der Waals surface area contributed by atoms with E-state index in [1.54, 1.807) is 7.11 Å². The molecule has 0 unspecified atom stereocenters. The van der Waals surface area contributed by atoms with Crippen LogP contribution in [0.15, 0.2) is 6.20 Å². The molecule has 0 aliphatic carbocycles. The summed E-state index contributed by atoms with van der Waals surface area (Å²) >= 11 is 0. The Balaban J connectivity index is 2.81. The Morgan fingerprint density at radius 1 is 1.56 bits per heavy atom. The minimum absolute atomic E-state index is 0.634. The van der Waals surface area contributed by atoms with Crippen LogP contribution in [0.3, 0.4) is 0 Å². The molecule has 1 aromatic rings. The molecule has 1 rings (SSSR count). The smallest absolute Gasteiger partial charge is 0.205 e. The summed E-state index contributed by atoms with van der Waals surface area (Å²) in [5.74, 6) is 0.972. The largest absolute Gasteiger partial charge is 0.383 e. The Morgan fingerprint density at radius 3 is 2.88 bits per heavy atom. The number of aryl methyl sites for hydroxylation is 1. The zero-order valence-corrected chi connectivity index (χ0v) is 10.4. The van der Waals surface area contributed by atoms with Crippen molar-refractivity contribution in [3.8, 4) is 0 Å². The number of aromatic nitrogens is 2. The molecule has 2 N–H and O–H groups in total. The Labute approximate surface area is 97.2 Å². The number of nitrogens with zero attached hydrogens (tertiary/aromatic N) is 3.